The van der Waals surface area contributed by atoms with Gasteiger partial charge >= 0.3 is 0 Å². The fourth-order valence-electron chi connectivity index (χ4n) is 5.02. The fourth-order valence-corrected chi connectivity index (χ4v) is 5.02. The lowest BCUT2D eigenvalue weighted by atomic mass is 9.72. The number of hydrogen-bond acceptors (Lipinski definition) is 0. The van der Waals surface area contributed by atoms with E-state index >= 15 is 0 Å². The Bertz CT molecular complexity index is 629. The molecule has 0 aromatic heterocycles. The summed E-state index contributed by atoms with van der Waals surface area (Å²) in [7, 11) is 0. The highest BCUT2D eigenvalue weighted by molar-refractivity contribution is 5.58. The van der Waals surface area contributed by atoms with Crippen LogP contribution in [-0.2, 0) is 10.8 Å². The molecule has 2 aliphatic rings. The molecule has 0 heteroatoms. The maximum absolute atomic E-state index is 2.43. The van der Waals surface area contributed by atoms with Crippen molar-refractivity contribution in [3.05, 3.63) is 70.8 Å². The Morgan fingerprint density at radius 1 is 0.600 bits per heavy atom. The van der Waals surface area contributed by atoms with Gasteiger partial charge in [-0.15, -0.1) is 0 Å². The first kappa shape index (κ1) is 12.2. The third-order valence-electron chi connectivity index (χ3n) is 5.87. The number of benzene rings is 2. The smallest absolute Gasteiger partial charge is 0.00102 e. The highest BCUT2D eigenvalue weighted by Crippen LogP contribution is 2.66. The summed E-state index contributed by atoms with van der Waals surface area (Å²) in [5.74, 6) is 1.23. The zero-order valence-electron chi connectivity index (χ0n) is 12.8. The van der Waals surface area contributed by atoms with Gasteiger partial charge in [0, 0.05) is 11.8 Å². The van der Waals surface area contributed by atoms with Gasteiger partial charge in [-0.25, -0.2) is 0 Å². The third kappa shape index (κ3) is 1.23. The molecule has 0 amide bonds. The Kier molecular flexibility index (Phi) is 2.17. The second-order valence-corrected chi connectivity index (χ2v) is 7.57. The first-order chi connectivity index (χ1) is 9.45. The van der Waals surface area contributed by atoms with Crippen molar-refractivity contribution in [2.24, 2.45) is 0 Å². The molecule has 102 valence electrons. The van der Waals surface area contributed by atoms with Gasteiger partial charge in [0.05, 0.1) is 0 Å². The first-order valence-corrected chi connectivity index (χ1v) is 7.64. The van der Waals surface area contributed by atoms with E-state index in [1.165, 1.54) is 0 Å². The third-order valence-corrected chi connectivity index (χ3v) is 5.87. The number of hydrogen-bond donors (Lipinski definition) is 0. The van der Waals surface area contributed by atoms with Crippen LogP contribution in [0.25, 0.3) is 0 Å². The lowest BCUT2D eigenvalue weighted by Gasteiger charge is -2.31. The highest BCUT2D eigenvalue weighted by atomic mass is 14.6. The fraction of sp³-hybridized carbons (Fsp3) is 0.400. The molecule has 0 heterocycles. The molecular weight excluding hydrogens is 240 g/mol. The summed E-state index contributed by atoms with van der Waals surface area (Å²) >= 11 is 0. The molecule has 4 rings (SSSR count). The van der Waals surface area contributed by atoms with Crippen molar-refractivity contribution in [2.75, 3.05) is 0 Å². The van der Waals surface area contributed by atoms with Crippen molar-refractivity contribution in [3.63, 3.8) is 0 Å². The van der Waals surface area contributed by atoms with Crippen molar-refractivity contribution in [1.29, 1.82) is 0 Å². The standard InChI is InChI=1S/C20H22/c1-19(2)15-11-7-5-9-13(15)18-17(19)14-10-6-8-12-16(14)20(18,3)4/h5-12,17-18H,1-4H3. The maximum atomic E-state index is 2.43. The molecule has 0 saturated carbocycles. The summed E-state index contributed by atoms with van der Waals surface area (Å²) in [6, 6.07) is 18.2. The van der Waals surface area contributed by atoms with E-state index in [-0.39, 0.29) is 10.8 Å². The van der Waals surface area contributed by atoms with Gasteiger partial charge in [-0.05, 0) is 33.1 Å². The zero-order chi connectivity index (χ0) is 14.1. The monoisotopic (exact) mass is 262 g/mol. The average Bonchev–Trinajstić information content (AvgIpc) is 2.82. The molecule has 0 saturated heterocycles. The SMILES string of the molecule is CC1(C)c2ccccc2C2C1c1ccccc1C2(C)C. The molecule has 2 unspecified atom stereocenters. The van der Waals surface area contributed by atoms with Crippen LogP contribution in [0.15, 0.2) is 48.5 Å². The minimum atomic E-state index is 0.227. The summed E-state index contributed by atoms with van der Waals surface area (Å²) in [4.78, 5) is 0. The van der Waals surface area contributed by atoms with E-state index in [1.54, 1.807) is 22.3 Å². The molecular formula is C20H22. The van der Waals surface area contributed by atoms with Crippen LogP contribution in [-0.4, -0.2) is 0 Å². The van der Waals surface area contributed by atoms with E-state index in [0.717, 1.165) is 0 Å². The van der Waals surface area contributed by atoms with Crippen molar-refractivity contribution in [2.45, 2.75) is 50.4 Å². The summed E-state index contributed by atoms with van der Waals surface area (Å²) in [5.41, 5.74) is 6.71. The van der Waals surface area contributed by atoms with E-state index in [9.17, 15) is 0 Å². The van der Waals surface area contributed by atoms with Crippen LogP contribution in [0.3, 0.4) is 0 Å². The summed E-state index contributed by atoms with van der Waals surface area (Å²) < 4.78 is 0. The molecule has 0 N–H and O–H groups in total. The van der Waals surface area contributed by atoms with Gasteiger partial charge in [0.15, 0.2) is 0 Å². The van der Waals surface area contributed by atoms with Crippen molar-refractivity contribution in [3.8, 4) is 0 Å². The molecule has 2 aliphatic carbocycles. The summed E-state index contributed by atoms with van der Waals surface area (Å²) in [6.07, 6.45) is 0. The van der Waals surface area contributed by atoms with Crippen molar-refractivity contribution < 1.29 is 0 Å². The Hall–Kier alpha value is -1.56. The van der Waals surface area contributed by atoms with Crippen LogP contribution >= 0.6 is 0 Å². The molecule has 2 aromatic rings. The average molecular weight is 262 g/mol. The predicted octanol–water partition coefficient (Wildman–Crippen LogP) is 5.14. The van der Waals surface area contributed by atoms with Crippen molar-refractivity contribution >= 4 is 0 Å². The topological polar surface area (TPSA) is 0 Å². The quantitative estimate of drug-likeness (QED) is 0.617. The minimum absolute atomic E-state index is 0.227. The van der Waals surface area contributed by atoms with Gasteiger partial charge in [-0.2, -0.15) is 0 Å². The van der Waals surface area contributed by atoms with Crippen LogP contribution in [0.4, 0.5) is 0 Å². The van der Waals surface area contributed by atoms with Crippen LogP contribution < -0.4 is 0 Å². The van der Waals surface area contributed by atoms with E-state index in [2.05, 4.69) is 76.2 Å². The Balaban J connectivity index is 2.05. The maximum Gasteiger partial charge on any atom is 0.00102 e. The Labute approximate surface area is 121 Å². The van der Waals surface area contributed by atoms with Gasteiger partial charge in [0.2, 0.25) is 0 Å². The first-order valence-electron chi connectivity index (χ1n) is 7.64. The Morgan fingerprint density at radius 3 is 1.35 bits per heavy atom. The Morgan fingerprint density at radius 2 is 0.950 bits per heavy atom. The van der Waals surface area contributed by atoms with Crippen LogP contribution in [0.5, 0.6) is 0 Å². The number of fused-ring (bicyclic) bond motifs is 5. The highest BCUT2D eigenvalue weighted by Gasteiger charge is 2.57. The van der Waals surface area contributed by atoms with Gasteiger partial charge in [-0.3, -0.25) is 0 Å². The van der Waals surface area contributed by atoms with Gasteiger partial charge in [0.1, 0.15) is 0 Å². The predicted molar refractivity (Wildman–Crippen MR) is 84.4 cm³/mol. The molecule has 0 radical (unpaired) electrons. The summed E-state index contributed by atoms with van der Waals surface area (Å²) in [5, 5.41) is 0. The molecule has 2 aromatic carbocycles. The van der Waals surface area contributed by atoms with E-state index in [4.69, 9.17) is 0 Å². The minimum Gasteiger partial charge on any atom is -0.0620 e. The van der Waals surface area contributed by atoms with Gasteiger partial charge in [-0.1, -0.05) is 76.2 Å². The molecule has 0 bridgehead atoms. The van der Waals surface area contributed by atoms with E-state index in [1.807, 2.05) is 0 Å². The van der Waals surface area contributed by atoms with E-state index < -0.39 is 0 Å². The zero-order valence-corrected chi connectivity index (χ0v) is 12.8. The van der Waals surface area contributed by atoms with Crippen LogP contribution in [0.2, 0.25) is 0 Å². The lowest BCUT2D eigenvalue weighted by Crippen LogP contribution is -2.25. The number of rotatable bonds is 0. The summed E-state index contributed by atoms with van der Waals surface area (Å²) in [6.45, 7) is 9.70. The van der Waals surface area contributed by atoms with Crippen LogP contribution in [0.1, 0.15) is 61.8 Å². The molecule has 2 atom stereocenters. The molecule has 0 aliphatic heterocycles. The second kappa shape index (κ2) is 3.55. The van der Waals surface area contributed by atoms with Crippen LogP contribution in [0, 0.1) is 0 Å². The largest absolute Gasteiger partial charge is 0.0620 e. The molecule has 0 fully saturated rings. The molecule has 20 heavy (non-hydrogen) atoms. The molecule has 0 nitrogen and oxygen atoms in total. The van der Waals surface area contributed by atoms with E-state index in [0.29, 0.717) is 11.8 Å². The lowest BCUT2D eigenvalue weighted by molar-refractivity contribution is 0.349. The van der Waals surface area contributed by atoms with Gasteiger partial charge < -0.3 is 0 Å². The van der Waals surface area contributed by atoms with Gasteiger partial charge in [0.25, 0.3) is 0 Å². The normalized spacial score (nSPS) is 27.8. The van der Waals surface area contributed by atoms with Crippen molar-refractivity contribution in [1.82, 2.24) is 0 Å². The second-order valence-electron chi connectivity index (χ2n) is 7.57. The molecule has 0 spiro atoms.